The van der Waals surface area contributed by atoms with Gasteiger partial charge in [-0.25, -0.2) is 4.98 Å². The minimum Gasteiger partial charge on any atom is -0.492 e. The van der Waals surface area contributed by atoms with Crippen molar-refractivity contribution in [1.82, 2.24) is 9.97 Å². The highest BCUT2D eigenvalue weighted by Crippen LogP contribution is 2.24. The van der Waals surface area contributed by atoms with Crippen LogP contribution in [0, 0.1) is 0 Å². The molecule has 20 heavy (non-hydrogen) atoms. The molecule has 0 unspecified atom stereocenters. The van der Waals surface area contributed by atoms with Crippen molar-refractivity contribution in [1.29, 1.82) is 0 Å². The number of aromatic nitrogens is 2. The lowest BCUT2D eigenvalue weighted by molar-refractivity contribution is 0.328. The van der Waals surface area contributed by atoms with E-state index in [1.807, 2.05) is 24.3 Å². The van der Waals surface area contributed by atoms with Crippen molar-refractivity contribution in [2.75, 3.05) is 25.6 Å². The Morgan fingerprint density at radius 3 is 2.70 bits per heavy atom. The Morgan fingerprint density at radius 2 is 2.05 bits per heavy atom. The second kappa shape index (κ2) is 7.06. The van der Waals surface area contributed by atoms with Crippen LogP contribution in [-0.2, 0) is 0 Å². The summed E-state index contributed by atoms with van der Waals surface area (Å²) in [4.78, 5) is 8.38. The van der Waals surface area contributed by atoms with Gasteiger partial charge in [0.1, 0.15) is 12.4 Å². The maximum atomic E-state index is 5.40. The van der Waals surface area contributed by atoms with Gasteiger partial charge in [0.15, 0.2) is 0 Å². The van der Waals surface area contributed by atoms with E-state index in [9.17, 15) is 0 Å². The van der Waals surface area contributed by atoms with Crippen LogP contribution in [0.15, 0.2) is 34.9 Å². The number of halogens is 1. The van der Waals surface area contributed by atoms with Crippen molar-refractivity contribution < 1.29 is 9.47 Å². The summed E-state index contributed by atoms with van der Waals surface area (Å²) in [7, 11) is 1.56. The molecule has 0 saturated heterocycles. The van der Waals surface area contributed by atoms with E-state index in [1.54, 1.807) is 13.3 Å². The molecule has 0 aliphatic heterocycles. The number of nitrogens with one attached hydrogen (secondary N) is 1. The quantitative estimate of drug-likeness (QED) is 0.841. The summed E-state index contributed by atoms with van der Waals surface area (Å²) in [5.74, 6) is 1.71. The second-order valence-electron chi connectivity index (χ2n) is 3.84. The predicted octanol–water partition coefficient (Wildman–Crippen LogP) is 2.33. The molecule has 1 heterocycles. The second-order valence-corrected chi connectivity index (χ2v) is 4.69. The maximum Gasteiger partial charge on any atom is 0.232 e. The molecule has 0 fully saturated rings. The van der Waals surface area contributed by atoms with Crippen LogP contribution in [0.25, 0.3) is 0 Å². The third-order valence-electron chi connectivity index (χ3n) is 2.40. The average Bonchev–Trinajstić information content (AvgIpc) is 2.48. The highest BCUT2D eigenvalue weighted by Gasteiger charge is 2.05. The van der Waals surface area contributed by atoms with Crippen LogP contribution in [0.1, 0.15) is 0 Å². The van der Waals surface area contributed by atoms with Crippen LogP contribution < -0.4 is 20.5 Å². The van der Waals surface area contributed by atoms with Gasteiger partial charge in [0.25, 0.3) is 0 Å². The van der Waals surface area contributed by atoms with E-state index in [0.717, 1.165) is 11.4 Å². The number of nitrogens with two attached hydrogens (primary N) is 1. The van der Waals surface area contributed by atoms with Crippen LogP contribution in [-0.4, -0.2) is 30.2 Å². The zero-order valence-electron chi connectivity index (χ0n) is 11.0. The van der Waals surface area contributed by atoms with Gasteiger partial charge in [-0.15, -0.1) is 0 Å². The number of ether oxygens (including phenoxy) is 2. The molecule has 0 amide bonds. The fourth-order valence-electron chi connectivity index (χ4n) is 1.50. The number of hydrogen-bond donors (Lipinski definition) is 2. The first-order chi connectivity index (χ1) is 9.72. The van der Waals surface area contributed by atoms with Gasteiger partial charge in [0.05, 0.1) is 17.8 Å². The average molecular weight is 339 g/mol. The highest BCUT2D eigenvalue weighted by molar-refractivity contribution is 9.10. The standard InChI is InChI=1S/C13H15BrN4O2/c1-19-12-11(14)8-16-13(18-12)17-9-2-4-10(5-3-9)20-7-6-15/h2-5,8H,6-7,15H2,1H3,(H,16,17,18). The summed E-state index contributed by atoms with van der Waals surface area (Å²) in [5, 5.41) is 3.09. The van der Waals surface area contributed by atoms with E-state index < -0.39 is 0 Å². The molecule has 0 aliphatic rings. The summed E-state index contributed by atoms with van der Waals surface area (Å²) in [6.45, 7) is 0.992. The summed E-state index contributed by atoms with van der Waals surface area (Å²) in [6, 6.07) is 7.47. The van der Waals surface area contributed by atoms with Crippen molar-refractivity contribution in [3.05, 3.63) is 34.9 Å². The molecule has 1 aromatic carbocycles. The zero-order valence-corrected chi connectivity index (χ0v) is 12.6. The molecule has 3 N–H and O–H groups in total. The van der Waals surface area contributed by atoms with Crippen LogP contribution >= 0.6 is 15.9 Å². The largest absolute Gasteiger partial charge is 0.492 e. The van der Waals surface area contributed by atoms with Gasteiger partial charge in [0.2, 0.25) is 11.8 Å². The molecule has 0 spiro atoms. The molecular formula is C13H15BrN4O2. The van der Waals surface area contributed by atoms with Crippen LogP contribution in [0.5, 0.6) is 11.6 Å². The van der Waals surface area contributed by atoms with Gasteiger partial charge < -0.3 is 20.5 Å². The number of rotatable bonds is 6. The van der Waals surface area contributed by atoms with Crippen molar-refractivity contribution in [2.45, 2.75) is 0 Å². The lowest BCUT2D eigenvalue weighted by Gasteiger charge is -2.08. The monoisotopic (exact) mass is 338 g/mol. The zero-order chi connectivity index (χ0) is 14.4. The minimum absolute atomic E-state index is 0.459. The van der Waals surface area contributed by atoms with Crippen LogP contribution in [0.2, 0.25) is 0 Å². The number of methoxy groups -OCH3 is 1. The number of anilines is 2. The van der Waals surface area contributed by atoms with Gasteiger partial charge in [0, 0.05) is 12.2 Å². The van der Waals surface area contributed by atoms with Crippen LogP contribution in [0.4, 0.5) is 11.6 Å². The third-order valence-corrected chi connectivity index (χ3v) is 2.95. The normalized spacial score (nSPS) is 10.2. The van der Waals surface area contributed by atoms with Gasteiger partial charge in [-0.1, -0.05) is 0 Å². The van der Waals surface area contributed by atoms with Gasteiger partial charge in [-0.05, 0) is 40.2 Å². The molecule has 2 aromatic rings. The van der Waals surface area contributed by atoms with E-state index in [-0.39, 0.29) is 0 Å². The number of nitrogens with zero attached hydrogens (tertiary/aromatic N) is 2. The van der Waals surface area contributed by atoms with E-state index in [0.29, 0.717) is 29.5 Å². The molecule has 106 valence electrons. The molecule has 0 atom stereocenters. The first-order valence-corrected chi connectivity index (χ1v) is 6.78. The Kier molecular flexibility index (Phi) is 5.14. The summed E-state index contributed by atoms with van der Waals surface area (Å²) in [5.41, 5.74) is 6.23. The van der Waals surface area contributed by atoms with E-state index in [4.69, 9.17) is 15.2 Å². The molecule has 7 heteroatoms. The number of benzene rings is 1. The highest BCUT2D eigenvalue weighted by atomic mass is 79.9. The Labute approximate surface area is 125 Å². The van der Waals surface area contributed by atoms with Crippen molar-refractivity contribution >= 4 is 27.6 Å². The van der Waals surface area contributed by atoms with Gasteiger partial charge >= 0.3 is 0 Å². The molecule has 6 nitrogen and oxygen atoms in total. The SMILES string of the molecule is COc1nc(Nc2ccc(OCCN)cc2)ncc1Br. The Balaban J connectivity index is 2.06. The molecule has 2 rings (SSSR count). The predicted molar refractivity (Wildman–Crippen MR) is 80.6 cm³/mol. The minimum atomic E-state index is 0.459. The van der Waals surface area contributed by atoms with Crippen molar-refractivity contribution in [3.63, 3.8) is 0 Å². The lowest BCUT2D eigenvalue weighted by Crippen LogP contribution is -2.10. The lowest BCUT2D eigenvalue weighted by atomic mass is 10.3. The number of hydrogen-bond acceptors (Lipinski definition) is 6. The first-order valence-electron chi connectivity index (χ1n) is 5.99. The molecule has 0 aliphatic carbocycles. The fourth-order valence-corrected chi connectivity index (χ4v) is 1.85. The van der Waals surface area contributed by atoms with E-state index in [1.165, 1.54) is 0 Å². The van der Waals surface area contributed by atoms with Gasteiger partial charge in [-0.3, -0.25) is 0 Å². The summed E-state index contributed by atoms with van der Waals surface area (Å²) < 4.78 is 11.2. The maximum absolute atomic E-state index is 5.40. The summed E-state index contributed by atoms with van der Waals surface area (Å²) in [6.07, 6.45) is 1.63. The topological polar surface area (TPSA) is 82.3 Å². The Morgan fingerprint density at radius 1 is 1.30 bits per heavy atom. The molecule has 0 bridgehead atoms. The van der Waals surface area contributed by atoms with Gasteiger partial charge in [-0.2, -0.15) is 4.98 Å². The molecular weight excluding hydrogens is 324 g/mol. The van der Waals surface area contributed by atoms with Crippen molar-refractivity contribution in [3.8, 4) is 11.6 Å². The molecule has 0 saturated carbocycles. The van der Waals surface area contributed by atoms with Crippen LogP contribution in [0.3, 0.4) is 0 Å². The van der Waals surface area contributed by atoms with Crippen molar-refractivity contribution in [2.24, 2.45) is 5.73 Å². The third kappa shape index (κ3) is 3.82. The molecule has 1 aromatic heterocycles. The summed E-state index contributed by atoms with van der Waals surface area (Å²) >= 11 is 3.31. The fraction of sp³-hybridized carbons (Fsp3) is 0.231. The Hall–Kier alpha value is -1.86. The molecule has 0 radical (unpaired) electrons. The van der Waals surface area contributed by atoms with E-state index >= 15 is 0 Å². The first kappa shape index (κ1) is 14.5. The smallest absolute Gasteiger partial charge is 0.232 e. The Bertz CT molecular complexity index is 563. The van der Waals surface area contributed by atoms with E-state index in [2.05, 4.69) is 31.2 Å².